The van der Waals surface area contributed by atoms with E-state index in [1.54, 1.807) is 0 Å². The largest absolute Gasteiger partial charge is 0.481 e. The number of nitrogens with zero attached hydrogens (tertiary/aromatic N) is 1. The topological polar surface area (TPSA) is 101 Å². The van der Waals surface area contributed by atoms with Crippen molar-refractivity contribution >= 4 is 21.7 Å². The maximum absolute atomic E-state index is 14.6. The summed E-state index contributed by atoms with van der Waals surface area (Å²) in [7, 11) is -4.60. The van der Waals surface area contributed by atoms with Crippen molar-refractivity contribution in [3.05, 3.63) is 101 Å². The number of sulfone groups is 1. The third-order valence-electron chi connectivity index (χ3n) is 10.0. The molecule has 0 bridgehead atoms. The van der Waals surface area contributed by atoms with Gasteiger partial charge in [0.15, 0.2) is 9.84 Å². The highest BCUT2D eigenvalue weighted by Gasteiger charge is 2.73. The molecule has 1 saturated heterocycles. The molecule has 1 amide bonds. The smallest absolute Gasteiger partial charge is 0.430 e. The fourth-order valence-corrected chi connectivity index (χ4v) is 9.12. The first kappa shape index (κ1) is 38.2. The van der Waals surface area contributed by atoms with Crippen molar-refractivity contribution in [2.75, 3.05) is 13.1 Å². The fraction of sp³-hybridized carbons (Fsp3) is 0.429. The van der Waals surface area contributed by atoms with Crippen molar-refractivity contribution < 1.29 is 63.0 Å². The number of carboxylic acid groups (broad SMARTS) is 1. The zero-order valence-corrected chi connectivity index (χ0v) is 27.8. The van der Waals surface area contributed by atoms with E-state index < -0.39 is 97.1 Å². The number of rotatable bonds is 9. The summed E-state index contributed by atoms with van der Waals surface area (Å²) in [6.45, 7) is -0.804. The summed E-state index contributed by atoms with van der Waals surface area (Å²) in [5.41, 5.74) is -7.11. The molecule has 1 heterocycles. The molecule has 276 valence electrons. The lowest BCUT2D eigenvalue weighted by molar-refractivity contribution is -0.392. The van der Waals surface area contributed by atoms with Crippen LogP contribution in [0, 0.1) is 30.4 Å². The Labute approximate surface area is 288 Å². The number of aliphatic carboxylic acids is 1. The quantitative estimate of drug-likeness (QED) is 0.179. The van der Waals surface area contributed by atoms with E-state index in [-0.39, 0.29) is 49.8 Å². The van der Waals surface area contributed by atoms with E-state index in [9.17, 15) is 58.2 Å². The highest BCUT2D eigenvalue weighted by molar-refractivity contribution is 7.92. The van der Waals surface area contributed by atoms with Gasteiger partial charge in [0.05, 0.1) is 17.4 Å². The van der Waals surface area contributed by atoms with Gasteiger partial charge in [0.25, 0.3) is 5.60 Å². The summed E-state index contributed by atoms with van der Waals surface area (Å²) in [4.78, 5) is 25.8. The zero-order valence-electron chi connectivity index (χ0n) is 27.0. The number of aryl methyl sites for hydroxylation is 1. The van der Waals surface area contributed by atoms with E-state index in [0.717, 1.165) is 42.5 Å². The predicted octanol–water partition coefficient (Wildman–Crippen LogP) is 7.60. The molecule has 0 unspecified atom stereocenters. The maximum Gasteiger partial charge on any atom is 0.430 e. The molecule has 0 spiro atoms. The molecule has 3 aromatic rings. The van der Waals surface area contributed by atoms with Crippen LogP contribution in [0.2, 0.25) is 0 Å². The maximum atomic E-state index is 14.6. The molecule has 16 heteroatoms. The summed E-state index contributed by atoms with van der Waals surface area (Å²) in [6.07, 6.45) is -11.7. The molecule has 1 aliphatic heterocycles. The highest BCUT2D eigenvalue weighted by atomic mass is 32.2. The second-order valence-corrected chi connectivity index (χ2v) is 15.2. The molecule has 0 radical (unpaired) electrons. The Hall–Kier alpha value is -4.05. The first-order valence-corrected chi connectivity index (χ1v) is 17.4. The minimum absolute atomic E-state index is 0.0480. The minimum Gasteiger partial charge on any atom is -0.481 e. The van der Waals surface area contributed by atoms with E-state index >= 15 is 0 Å². The van der Waals surface area contributed by atoms with E-state index in [0.29, 0.717) is 12.1 Å². The van der Waals surface area contributed by atoms with Gasteiger partial charge in [-0.05, 0) is 80.5 Å². The third-order valence-corrected chi connectivity index (χ3v) is 12.5. The Morgan fingerprint density at radius 3 is 1.96 bits per heavy atom. The van der Waals surface area contributed by atoms with Crippen LogP contribution in [0.1, 0.15) is 54.4 Å². The average Bonchev–Trinajstić information content (AvgIpc) is 3.53. The normalized spacial score (nSPS) is 21.9. The number of halogens is 8. The van der Waals surface area contributed by atoms with E-state index in [2.05, 4.69) is 4.74 Å². The molecule has 2 aliphatic rings. The lowest BCUT2D eigenvalue weighted by Gasteiger charge is -2.38. The lowest BCUT2D eigenvalue weighted by Crippen LogP contribution is -2.56. The van der Waals surface area contributed by atoms with Crippen molar-refractivity contribution in [1.82, 2.24) is 4.90 Å². The van der Waals surface area contributed by atoms with Crippen LogP contribution in [-0.4, -0.2) is 55.7 Å². The summed E-state index contributed by atoms with van der Waals surface area (Å²) in [6, 6.07) is 9.55. The molecule has 7 nitrogen and oxygen atoms in total. The van der Waals surface area contributed by atoms with Crippen LogP contribution in [0.25, 0.3) is 0 Å². The van der Waals surface area contributed by atoms with Gasteiger partial charge in [-0.3, -0.25) is 9.59 Å². The van der Waals surface area contributed by atoms with Crippen LogP contribution in [0.5, 0.6) is 0 Å². The van der Waals surface area contributed by atoms with Gasteiger partial charge in [0.2, 0.25) is 5.91 Å². The standard InChI is InChI=1S/C35H33F8NO6S/c1-21-3-2-4-29(37)28(21)19-50-33(34(38,39)40,35(41,42)43)25-11-9-24(10-12-25)32(51(48,49)27-15-13-26(36)14-16-27)17-18-44(20-32)30(45)22-5-7-23(8-6-22)31(46)47/h2-4,9-16,22-23H,5-8,17-20H2,1H3,(H,46,47)/t22-,23-,32-/m0/s1. The summed E-state index contributed by atoms with van der Waals surface area (Å²) in [5, 5.41) is 9.31. The number of carboxylic acids is 1. The van der Waals surface area contributed by atoms with Gasteiger partial charge < -0.3 is 14.7 Å². The number of hydrogen-bond donors (Lipinski definition) is 1. The van der Waals surface area contributed by atoms with Crippen LogP contribution in [0.3, 0.4) is 0 Å². The molecule has 1 saturated carbocycles. The van der Waals surface area contributed by atoms with Crippen LogP contribution in [-0.2, 0) is 41.1 Å². The molecule has 3 aromatic carbocycles. The molecule has 51 heavy (non-hydrogen) atoms. The number of benzene rings is 3. The van der Waals surface area contributed by atoms with E-state index in [4.69, 9.17) is 0 Å². The molecule has 1 atom stereocenters. The van der Waals surface area contributed by atoms with Crippen molar-refractivity contribution in [3.8, 4) is 0 Å². The zero-order chi connectivity index (χ0) is 37.6. The number of amides is 1. The van der Waals surface area contributed by atoms with Crippen LogP contribution < -0.4 is 0 Å². The molecule has 1 aliphatic carbocycles. The van der Waals surface area contributed by atoms with Crippen molar-refractivity contribution in [2.24, 2.45) is 11.8 Å². The fourth-order valence-electron chi connectivity index (χ4n) is 7.04. The van der Waals surface area contributed by atoms with Gasteiger partial charge >= 0.3 is 18.3 Å². The Balaban J connectivity index is 1.56. The lowest BCUT2D eigenvalue weighted by atomic mass is 9.81. The summed E-state index contributed by atoms with van der Waals surface area (Å²) >= 11 is 0. The number of carbonyl (C=O) groups is 2. The number of carbonyl (C=O) groups excluding carboxylic acids is 1. The molecular formula is C35H33F8NO6S. The summed E-state index contributed by atoms with van der Waals surface area (Å²) < 4.78 is 147. The number of ether oxygens (including phenoxy) is 1. The van der Waals surface area contributed by atoms with Crippen LogP contribution in [0.4, 0.5) is 35.1 Å². The monoisotopic (exact) mass is 747 g/mol. The van der Waals surface area contributed by atoms with Crippen LogP contribution >= 0.6 is 0 Å². The van der Waals surface area contributed by atoms with Gasteiger partial charge in [-0.2, -0.15) is 26.3 Å². The van der Waals surface area contributed by atoms with Crippen molar-refractivity contribution in [3.63, 3.8) is 0 Å². The minimum atomic E-state index is -6.12. The number of alkyl halides is 6. The molecular weight excluding hydrogens is 714 g/mol. The molecule has 2 fully saturated rings. The Bertz CT molecular complexity index is 1840. The van der Waals surface area contributed by atoms with E-state index in [1.165, 1.54) is 24.0 Å². The Morgan fingerprint density at radius 1 is 0.863 bits per heavy atom. The van der Waals surface area contributed by atoms with Crippen LogP contribution in [0.15, 0.2) is 71.6 Å². The second-order valence-electron chi connectivity index (χ2n) is 12.9. The van der Waals surface area contributed by atoms with Crippen molar-refractivity contribution in [1.29, 1.82) is 0 Å². The third kappa shape index (κ3) is 6.84. The van der Waals surface area contributed by atoms with Gasteiger partial charge in [-0.15, -0.1) is 0 Å². The Morgan fingerprint density at radius 2 is 1.43 bits per heavy atom. The molecule has 1 N–H and O–H groups in total. The second kappa shape index (κ2) is 13.8. The number of hydrogen-bond acceptors (Lipinski definition) is 5. The van der Waals surface area contributed by atoms with Crippen molar-refractivity contribution in [2.45, 2.75) is 73.2 Å². The SMILES string of the molecule is Cc1cccc(F)c1COC(c1ccc([C@]2(S(=O)(=O)c3ccc(F)cc3)CCN(C(=O)[C@H]3CC[C@H](C(=O)O)CC3)C2)cc1)(C(F)(F)F)C(F)(F)F. The first-order chi connectivity index (χ1) is 23.7. The predicted molar refractivity (Wildman–Crippen MR) is 166 cm³/mol. The number of likely N-dealkylation sites (tertiary alicyclic amines) is 1. The van der Waals surface area contributed by atoms with Gasteiger partial charge in [-0.25, -0.2) is 17.2 Å². The average molecular weight is 748 g/mol. The van der Waals surface area contributed by atoms with Gasteiger partial charge in [0, 0.05) is 30.1 Å². The summed E-state index contributed by atoms with van der Waals surface area (Å²) in [5.74, 6) is -4.56. The highest BCUT2D eigenvalue weighted by Crippen LogP contribution is 2.54. The van der Waals surface area contributed by atoms with Gasteiger partial charge in [0.1, 0.15) is 16.4 Å². The molecule has 5 rings (SSSR count). The molecule has 0 aromatic heterocycles. The van der Waals surface area contributed by atoms with E-state index in [1.807, 2.05) is 0 Å². The first-order valence-electron chi connectivity index (χ1n) is 15.9. The van der Waals surface area contributed by atoms with Gasteiger partial charge in [-0.1, -0.05) is 36.4 Å². The Kier molecular flexibility index (Phi) is 10.4.